The molecule has 2 fully saturated rings. The predicted molar refractivity (Wildman–Crippen MR) is 164 cm³/mol. The Hall–Kier alpha value is -3.63. The Labute approximate surface area is 253 Å². The Morgan fingerprint density at radius 2 is 1.50 bits per heavy atom. The fourth-order valence-electron chi connectivity index (χ4n) is 5.63. The number of anilines is 1. The van der Waals surface area contributed by atoms with Crippen LogP contribution in [0.5, 0.6) is 11.5 Å². The van der Waals surface area contributed by atoms with E-state index in [0.29, 0.717) is 61.9 Å². The number of benzene rings is 2. The van der Waals surface area contributed by atoms with Crippen LogP contribution in [0.25, 0.3) is 0 Å². The summed E-state index contributed by atoms with van der Waals surface area (Å²) in [6.45, 7) is 8.46. The molecule has 11 heteroatoms. The molecule has 0 saturated carbocycles. The molecule has 0 aromatic heterocycles. The molecular weight excluding hydrogens is 558 g/mol. The van der Waals surface area contributed by atoms with Crippen LogP contribution in [0.15, 0.2) is 47.6 Å². The molecule has 0 bridgehead atoms. The summed E-state index contributed by atoms with van der Waals surface area (Å²) in [6, 6.07) is 12.7. The number of piperazine rings is 1. The lowest BCUT2D eigenvalue weighted by Crippen LogP contribution is -2.51. The minimum atomic E-state index is -0.672. The molecule has 3 aliphatic heterocycles. The number of hydrazone groups is 1. The number of carbonyl (C=O) groups is 3. The Morgan fingerprint density at radius 3 is 2.12 bits per heavy atom. The second-order valence-electron chi connectivity index (χ2n) is 11.5. The molecule has 3 heterocycles. The van der Waals surface area contributed by atoms with E-state index in [0.717, 1.165) is 37.2 Å². The molecule has 0 unspecified atom stereocenters. The van der Waals surface area contributed by atoms with Gasteiger partial charge in [-0.15, -0.1) is 12.4 Å². The Bertz CT molecular complexity index is 1330. The molecule has 0 aliphatic carbocycles. The van der Waals surface area contributed by atoms with Gasteiger partial charge in [-0.2, -0.15) is 5.10 Å². The summed E-state index contributed by atoms with van der Waals surface area (Å²) in [5.41, 5.74) is 2.10. The van der Waals surface area contributed by atoms with E-state index in [2.05, 4.69) is 4.90 Å². The predicted octanol–water partition coefficient (Wildman–Crippen LogP) is 3.67. The standard InChI is InChI=1S/C31H39N5O5.ClH/c1-31(2)20-25(23-9-12-26(40-3)27(19-23)41-4)32-36(30(31)39)24-10-7-22(8-11-24)29(38)35-17-15-33(16-18-35)21-28(37)34-13-5-6-14-34;/h7-12,19H,5-6,13-18,20-21H2,1-4H3;1H. The second kappa shape index (κ2) is 13.1. The molecule has 2 saturated heterocycles. The van der Waals surface area contributed by atoms with Gasteiger partial charge in [0.15, 0.2) is 11.5 Å². The Balaban J connectivity index is 0.00000405. The summed E-state index contributed by atoms with van der Waals surface area (Å²) in [5, 5.41) is 6.16. The van der Waals surface area contributed by atoms with Crippen molar-refractivity contribution >= 4 is 41.5 Å². The largest absolute Gasteiger partial charge is 0.493 e. The lowest BCUT2D eigenvalue weighted by atomic mass is 9.82. The van der Waals surface area contributed by atoms with Gasteiger partial charge >= 0.3 is 0 Å². The average molecular weight is 598 g/mol. The van der Waals surface area contributed by atoms with Crippen LogP contribution in [0.1, 0.15) is 49.0 Å². The second-order valence-corrected chi connectivity index (χ2v) is 11.5. The fraction of sp³-hybridized carbons (Fsp3) is 0.484. The van der Waals surface area contributed by atoms with Crippen LogP contribution < -0.4 is 14.5 Å². The van der Waals surface area contributed by atoms with Gasteiger partial charge in [0.1, 0.15) is 0 Å². The number of hydrogen-bond acceptors (Lipinski definition) is 7. The highest BCUT2D eigenvalue weighted by Crippen LogP contribution is 2.36. The maximum absolute atomic E-state index is 13.4. The summed E-state index contributed by atoms with van der Waals surface area (Å²) in [7, 11) is 3.18. The van der Waals surface area contributed by atoms with E-state index in [4.69, 9.17) is 14.6 Å². The SMILES string of the molecule is COc1ccc(C2=NN(c3ccc(C(=O)N4CCN(CC(=O)N5CCCC5)CC4)cc3)C(=O)C(C)(C)C2)cc1OC.Cl. The van der Waals surface area contributed by atoms with Crippen molar-refractivity contribution in [1.82, 2.24) is 14.7 Å². The Morgan fingerprint density at radius 1 is 0.857 bits per heavy atom. The normalized spacial score (nSPS) is 18.8. The summed E-state index contributed by atoms with van der Waals surface area (Å²) in [5.74, 6) is 1.24. The Kier molecular flexibility index (Phi) is 9.78. The van der Waals surface area contributed by atoms with Crippen LogP contribution in [-0.4, -0.2) is 98.2 Å². The molecule has 5 rings (SSSR count). The number of halogens is 1. The first-order valence-electron chi connectivity index (χ1n) is 14.2. The number of hydrogen-bond donors (Lipinski definition) is 0. The van der Waals surface area contributed by atoms with Gasteiger partial charge in [-0.1, -0.05) is 13.8 Å². The first-order valence-corrected chi connectivity index (χ1v) is 14.2. The third-order valence-corrected chi connectivity index (χ3v) is 8.15. The van der Waals surface area contributed by atoms with E-state index in [1.807, 2.05) is 41.8 Å². The molecule has 0 N–H and O–H groups in total. The smallest absolute Gasteiger partial charge is 0.253 e. The maximum atomic E-state index is 13.4. The maximum Gasteiger partial charge on any atom is 0.253 e. The third-order valence-electron chi connectivity index (χ3n) is 8.15. The first-order chi connectivity index (χ1) is 19.7. The van der Waals surface area contributed by atoms with Crippen LogP contribution in [0.2, 0.25) is 0 Å². The topological polar surface area (TPSA) is 95.0 Å². The lowest BCUT2D eigenvalue weighted by Gasteiger charge is -2.35. The van der Waals surface area contributed by atoms with Gasteiger partial charge in [0.05, 0.1) is 37.6 Å². The van der Waals surface area contributed by atoms with Crippen molar-refractivity contribution in [1.29, 1.82) is 0 Å². The molecular formula is C31H40ClN5O5. The van der Waals surface area contributed by atoms with Crippen molar-refractivity contribution in [3.63, 3.8) is 0 Å². The minimum absolute atomic E-state index is 0. The van der Waals surface area contributed by atoms with Crippen LogP contribution in [0.3, 0.4) is 0 Å². The number of likely N-dealkylation sites (tertiary alicyclic amines) is 1. The molecule has 2 aromatic rings. The van der Waals surface area contributed by atoms with Crippen LogP contribution >= 0.6 is 12.4 Å². The lowest BCUT2D eigenvalue weighted by molar-refractivity contribution is -0.131. The zero-order chi connectivity index (χ0) is 29.1. The monoisotopic (exact) mass is 597 g/mol. The number of methoxy groups -OCH3 is 2. The van der Waals surface area contributed by atoms with E-state index in [1.54, 1.807) is 38.5 Å². The van der Waals surface area contributed by atoms with E-state index in [1.165, 1.54) is 5.01 Å². The molecule has 0 atom stereocenters. The first kappa shape index (κ1) is 31.3. The van der Waals surface area contributed by atoms with Crippen molar-refractivity contribution in [2.24, 2.45) is 10.5 Å². The average Bonchev–Trinajstić information content (AvgIpc) is 3.54. The highest BCUT2D eigenvalue weighted by molar-refractivity contribution is 6.11. The quantitative estimate of drug-likeness (QED) is 0.483. The summed E-state index contributed by atoms with van der Waals surface area (Å²) in [6.07, 6.45) is 2.65. The summed E-state index contributed by atoms with van der Waals surface area (Å²) >= 11 is 0. The zero-order valence-electron chi connectivity index (χ0n) is 24.8. The van der Waals surface area contributed by atoms with Crippen molar-refractivity contribution < 1.29 is 23.9 Å². The number of ether oxygens (including phenoxy) is 2. The van der Waals surface area contributed by atoms with Crippen LogP contribution in [0.4, 0.5) is 5.69 Å². The molecule has 42 heavy (non-hydrogen) atoms. The van der Waals surface area contributed by atoms with Crippen molar-refractivity contribution in [2.45, 2.75) is 33.1 Å². The van der Waals surface area contributed by atoms with E-state index >= 15 is 0 Å². The van der Waals surface area contributed by atoms with Gasteiger partial charge in [0.25, 0.3) is 11.8 Å². The molecule has 0 radical (unpaired) electrons. The molecule has 10 nitrogen and oxygen atoms in total. The number of nitrogens with zero attached hydrogens (tertiary/aromatic N) is 5. The van der Waals surface area contributed by atoms with E-state index in [9.17, 15) is 14.4 Å². The molecule has 0 spiro atoms. The highest BCUT2D eigenvalue weighted by Gasteiger charge is 2.39. The van der Waals surface area contributed by atoms with Gasteiger partial charge in [-0.3, -0.25) is 19.3 Å². The third kappa shape index (κ3) is 6.55. The number of rotatable bonds is 7. The molecule has 226 valence electrons. The zero-order valence-corrected chi connectivity index (χ0v) is 25.6. The molecule has 3 amide bonds. The summed E-state index contributed by atoms with van der Waals surface area (Å²) < 4.78 is 10.8. The minimum Gasteiger partial charge on any atom is -0.493 e. The van der Waals surface area contributed by atoms with Gasteiger partial charge in [-0.05, 0) is 55.3 Å². The fourth-order valence-corrected chi connectivity index (χ4v) is 5.63. The van der Waals surface area contributed by atoms with Crippen molar-refractivity contribution in [2.75, 3.05) is 65.0 Å². The number of amides is 3. The molecule has 2 aromatic carbocycles. The van der Waals surface area contributed by atoms with Crippen molar-refractivity contribution in [3.8, 4) is 11.5 Å². The highest BCUT2D eigenvalue weighted by atomic mass is 35.5. The van der Waals surface area contributed by atoms with Crippen LogP contribution in [0, 0.1) is 5.41 Å². The van der Waals surface area contributed by atoms with E-state index < -0.39 is 5.41 Å². The van der Waals surface area contributed by atoms with Crippen molar-refractivity contribution in [3.05, 3.63) is 53.6 Å². The van der Waals surface area contributed by atoms with Gasteiger partial charge in [0, 0.05) is 56.8 Å². The van der Waals surface area contributed by atoms with Crippen LogP contribution in [-0.2, 0) is 9.59 Å². The van der Waals surface area contributed by atoms with Gasteiger partial charge in [0.2, 0.25) is 5.91 Å². The van der Waals surface area contributed by atoms with Gasteiger partial charge in [-0.25, -0.2) is 5.01 Å². The molecule has 3 aliphatic rings. The van der Waals surface area contributed by atoms with E-state index in [-0.39, 0.29) is 30.1 Å². The number of carbonyl (C=O) groups excluding carboxylic acids is 3. The summed E-state index contributed by atoms with van der Waals surface area (Å²) in [4.78, 5) is 45.0. The van der Waals surface area contributed by atoms with Gasteiger partial charge < -0.3 is 19.3 Å².